The number of nitrogens with one attached hydrogen (secondary N) is 1. The van der Waals surface area contributed by atoms with Crippen LogP contribution in [0, 0.1) is 5.92 Å². The van der Waals surface area contributed by atoms with E-state index in [1.165, 1.54) is 48.3 Å². The van der Waals surface area contributed by atoms with Crippen LogP contribution in [0.15, 0.2) is 42.6 Å². The monoisotopic (exact) mass is 417 g/mol. The molecule has 0 unspecified atom stereocenters. The molecule has 31 heavy (non-hydrogen) atoms. The topological polar surface area (TPSA) is 46.0 Å². The fourth-order valence-corrected chi connectivity index (χ4v) is 5.54. The van der Waals surface area contributed by atoms with Gasteiger partial charge in [-0.05, 0) is 87.8 Å². The smallest absolute Gasteiger partial charge is 0.124 e. The minimum atomic E-state index is 0.398. The average molecular weight is 418 g/mol. The van der Waals surface area contributed by atoms with Gasteiger partial charge in [0, 0.05) is 12.7 Å². The van der Waals surface area contributed by atoms with Gasteiger partial charge >= 0.3 is 0 Å². The summed E-state index contributed by atoms with van der Waals surface area (Å²) in [6, 6.07) is 13.4. The summed E-state index contributed by atoms with van der Waals surface area (Å²) in [4.78, 5) is 12.6. The number of para-hydroxylation sites is 2. The summed E-state index contributed by atoms with van der Waals surface area (Å²) in [6.45, 7) is 7.59. The fraction of sp³-hybridized carbons (Fsp3) is 0.538. The molecule has 3 heterocycles. The van der Waals surface area contributed by atoms with Crippen molar-refractivity contribution in [3.63, 3.8) is 0 Å². The standard InChI is InChI=1S/C26H35N5/c1-2-16-30(24-13-5-9-21-10-7-15-28-26(21)24)19-25-29-22-11-3-4-12-23(22)31(25)18-20-8-6-14-27-17-20/h3-4,7,10-12,15,20,24,27H,2,5-6,8-9,13-14,16-19H2,1H3/t20-,24-/m0/s1. The minimum Gasteiger partial charge on any atom is -0.327 e. The van der Waals surface area contributed by atoms with Crippen molar-refractivity contribution in [1.82, 2.24) is 24.8 Å². The molecule has 3 aromatic rings. The molecule has 5 rings (SSSR count). The number of fused-ring (bicyclic) bond motifs is 2. The molecule has 0 spiro atoms. The number of nitrogens with zero attached hydrogens (tertiary/aromatic N) is 4. The van der Waals surface area contributed by atoms with Crippen molar-refractivity contribution in [2.24, 2.45) is 5.92 Å². The van der Waals surface area contributed by atoms with Crippen LogP contribution in [0.5, 0.6) is 0 Å². The lowest BCUT2D eigenvalue weighted by Gasteiger charge is -2.35. The highest BCUT2D eigenvalue weighted by atomic mass is 15.2. The van der Waals surface area contributed by atoms with E-state index >= 15 is 0 Å². The number of aromatic nitrogens is 3. The Bertz CT molecular complexity index is 1000. The van der Waals surface area contributed by atoms with Gasteiger partial charge < -0.3 is 9.88 Å². The van der Waals surface area contributed by atoms with Crippen LogP contribution in [0.2, 0.25) is 0 Å². The maximum atomic E-state index is 5.13. The van der Waals surface area contributed by atoms with Crippen molar-refractivity contribution < 1.29 is 0 Å². The van der Waals surface area contributed by atoms with Crippen molar-refractivity contribution in [2.75, 3.05) is 19.6 Å². The molecule has 2 atom stereocenters. The first-order valence-electron chi connectivity index (χ1n) is 12.2. The summed E-state index contributed by atoms with van der Waals surface area (Å²) in [5.74, 6) is 1.89. The molecule has 1 N–H and O–H groups in total. The summed E-state index contributed by atoms with van der Waals surface area (Å²) in [5, 5.41) is 3.59. The van der Waals surface area contributed by atoms with E-state index in [0.29, 0.717) is 12.0 Å². The van der Waals surface area contributed by atoms with Gasteiger partial charge in [0.25, 0.3) is 0 Å². The first kappa shape index (κ1) is 20.7. The zero-order valence-electron chi connectivity index (χ0n) is 18.8. The highest BCUT2D eigenvalue weighted by Gasteiger charge is 2.28. The van der Waals surface area contributed by atoms with Crippen molar-refractivity contribution in [3.8, 4) is 0 Å². The first-order chi connectivity index (χ1) is 15.3. The van der Waals surface area contributed by atoms with E-state index in [4.69, 9.17) is 9.97 Å². The van der Waals surface area contributed by atoms with Gasteiger partial charge in [-0.1, -0.05) is 25.1 Å². The van der Waals surface area contributed by atoms with Crippen molar-refractivity contribution in [1.29, 1.82) is 0 Å². The summed E-state index contributed by atoms with van der Waals surface area (Å²) < 4.78 is 2.51. The zero-order chi connectivity index (χ0) is 21.0. The maximum Gasteiger partial charge on any atom is 0.124 e. The van der Waals surface area contributed by atoms with Crippen LogP contribution in [0.3, 0.4) is 0 Å². The Labute approximate surface area is 185 Å². The highest BCUT2D eigenvalue weighted by Crippen LogP contribution is 2.34. The van der Waals surface area contributed by atoms with Gasteiger partial charge in [0.1, 0.15) is 5.82 Å². The third-order valence-electron chi connectivity index (χ3n) is 7.03. The number of piperidine rings is 1. The molecule has 1 saturated heterocycles. The number of aryl methyl sites for hydroxylation is 1. The van der Waals surface area contributed by atoms with E-state index in [1.807, 2.05) is 6.20 Å². The molecule has 0 radical (unpaired) electrons. The Kier molecular flexibility index (Phi) is 6.32. The number of imidazole rings is 1. The quantitative estimate of drug-likeness (QED) is 0.604. The molecular weight excluding hydrogens is 382 g/mol. The van der Waals surface area contributed by atoms with E-state index in [0.717, 1.165) is 51.1 Å². The van der Waals surface area contributed by atoms with E-state index in [1.54, 1.807) is 0 Å². The summed E-state index contributed by atoms with van der Waals surface area (Å²) in [5.41, 5.74) is 5.13. The molecule has 1 aliphatic carbocycles. The number of pyridine rings is 1. The molecule has 1 aromatic carbocycles. The molecule has 1 fully saturated rings. The van der Waals surface area contributed by atoms with Gasteiger partial charge in [-0.3, -0.25) is 9.88 Å². The molecule has 0 amide bonds. The second-order valence-corrected chi connectivity index (χ2v) is 9.27. The highest BCUT2D eigenvalue weighted by molar-refractivity contribution is 5.75. The molecule has 1 aliphatic heterocycles. The third-order valence-corrected chi connectivity index (χ3v) is 7.03. The summed E-state index contributed by atoms with van der Waals surface area (Å²) >= 11 is 0. The normalized spacial score (nSPS) is 21.5. The maximum absolute atomic E-state index is 5.13. The zero-order valence-corrected chi connectivity index (χ0v) is 18.8. The predicted octanol–water partition coefficient (Wildman–Crippen LogP) is 4.72. The van der Waals surface area contributed by atoms with Crippen molar-refractivity contribution >= 4 is 11.0 Å². The molecule has 164 valence electrons. The van der Waals surface area contributed by atoms with Crippen LogP contribution in [0.4, 0.5) is 0 Å². The Morgan fingerprint density at radius 3 is 2.94 bits per heavy atom. The van der Waals surface area contributed by atoms with Gasteiger partial charge in [0.2, 0.25) is 0 Å². The van der Waals surface area contributed by atoms with Crippen LogP contribution < -0.4 is 5.32 Å². The van der Waals surface area contributed by atoms with Crippen LogP contribution in [0.1, 0.15) is 62.2 Å². The molecule has 0 bridgehead atoms. The number of rotatable bonds is 7. The SMILES string of the molecule is CCCN(Cc1nc2ccccc2n1C[C@H]1CCCNC1)[C@H]1CCCc2cccnc21. The Morgan fingerprint density at radius 2 is 2.06 bits per heavy atom. The second kappa shape index (κ2) is 9.49. The van der Waals surface area contributed by atoms with E-state index in [9.17, 15) is 0 Å². The molecule has 2 aromatic heterocycles. The number of benzene rings is 1. The number of hydrogen-bond donors (Lipinski definition) is 1. The predicted molar refractivity (Wildman–Crippen MR) is 126 cm³/mol. The molecular formula is C26H35N5. The van der Waals surface area contributed by atoms with E-state index in [2.05, 4.69) is 58.1 Å². The fourth-order valence-electron chi connectivity index (χ4n) is 5.54. The van der Waals surface area contributed by atoms with E-state index in [-0.39, 0.29) is 0 Å². The first-order valence-corrected chi connectivity index (χ1v) is 12.2. The minimum absolute atomic E-state index is 0.398. The average Bonchev–Trinajstić information content (AvgIpc) is 3.16. The number of hydrogen-bond acceptors (Lipinski definition) is 4. The van der Waals surface area contributed by atoms with Crippen molar-refractivity contribution in [3.05, 3.63) is 59.7 Å². The molecule has 0 saturated carbocycles. The largest absolute Gasteiger partial charge is 0.327 e. The van der Waals surface area contributed by atoms with Crippen LogP contribution in [-0.4, -0.2) is 39.1 Å². The lowest BCUT2D eigenvalue weighted by molar-refractivity contribution is 0.159. The lowest BCUT2D eigenvalue weighted by Crippen LogP contribution is -2.35. The Morgan fingerprint density at radius 1 is 1.13 bits per heavy atom. The van der Waals surface area contributed by atoms with Gasteiger partial charge in [0.05, 0.1) is 29.3 Å². The third kappa shape index (κ3) is 4.39. The summed E-state index contributed by atoms with van der Waals surface area (Å²) in [6.07, 6.45) is 9.28. The summed E-state index contributed by atoms with van der Waals surface area (Å²) in [7, 11) is 0. The van der Waals surface area contributed by atoms with Crippen molar-refractivity contribution in [2.45, 2.75) is 64.6 Å². The Balaban J connectivity index is 1.47. The van der Waals surface area contributed by atoms with Crippen LogP contribution >= 0.6 is 0 Å². The van der Waals surface area contributed by atoms with Crippen LogP contribution in [-0.2, 0) is 19.5 Å². The molecule has 5 nitrogen and oxygen atoms in total. The lowest BCUT2D eigenvalue weighted by atomic mass is 9.90. The van der Waals surface area contributed by atoms with Gasteiger partial charge in [-0.15, -0.1) is 0 Å². The molecule has 5 heteroatoms. The molecule has 2 aliphatic rings. The van der Waals surface area contributed by atoms with Crippen LogP contribution in [0.25, 0.3) is 11.0 Å². The van der Waals surface area contributed by atoms with Gasteiger partial charge in [0.15, 0.2) is 0 Å². The second-order valence-electron chi connectivity index (χ2n) is 9.27. The van der Waals surface area contributed by atoms with Gasteiger partial charge in [-0.2, -0.15) is 0 Å². The van der Waals surface area contributed by atoms with Gasteiger partial charge in [-0.25, -0.2) is 4.98 Å². The van der Waals surface area contributed by atoms with E-state index < -0.39 is 0 Å². The Hall–Kier alpha value is -2.24.